The molecule has 5 heteroatoms. The van der Waals surface area contributed by atoms with Crippen LogP contribution in [0.15, 0.2) is 60.7 Å². The van der Waals surface area contributed by atoms with E-state index >= 15 is 0 Å². The molecule has 0 bridgehead atoms. The lowest BCUT2D eigenvalue weighted by Gasteiger charge is -2.24. The van der Waals surface area contributed by atoms with E-state index in [1.807, 2.05) is 50.2 Å². The number of carbonyl (C=O) groups excluding carboxylic acids is 1. The van der Waals surface area contributed by atoms with Crippen LogP contribution in [0.1, 0.15) is 47.3 Å². The van der Waals surface area contributed by atoms with Crippen LogP contribution in [0, 0.1) is 6.92 Å². The molecular formula is C23H24N4O. The predicted octanol–water partition coefficient (Wildman–Crippen LogP) is 4.36. The summed E-state index contributed by atoms with van der Waals surface area (Å²) in [5, 5.41) is 3.04. The van der Waals surface area contributed by atoms with Crippen molar-refractivity contribution in [2.75, 3.05) is 4.90 Å². The monoisotopic (exact) mass is 372 g/mol. The Labute approximate surface area is 165 Å². The number of hydrogen-bond acceptors (Lipinski definition) is 4. The Kier molecular flexibility index (Phi) is 4.82. The van der Waals surface area contributed by atoms with Gasteiger partial charge in [0.25, 0.3) is 5.91 Å². The maximum atomic E-state index is 12.9. The van der Waals surface area contributed by atoms with E-state index in [1.165, 1.54) is 5.56 Å². The molecule has 2 aromatic carbocycles. The molecule has 1 aliphatic heterocycles. The van der Waals surface area contributed by atoms with Gasteiger partial charge in [-0.05, 0) is 44.4 Å². The Morgan fingerprint density at radius 3 is 2.61 bits per heavy atom. The highest BCUT2D eigenvalue weighted by atomic mass is 16.1. The van der Waals surface area contributed by atoms with Gasteiger partial charge >= 0.3 is 0 Å². The van der Waals surface area contributed by atoms with E-state index in [4.69, 9.17) is 0 Å². The Balaban J connectivity index is 1.62. The van der Waals surface area contributed by atoms with Gasteiger partial charge in [0.2, 0.25) is 0 Å². The number of anilines is 2. The van der Waals surface area contributed by atoms with Gasteiger partial charge in [-0.25, -0.2) is 9.97 Å². The summed E-state index contributed by atoms with van der Waals surface area (Å²) in [7, 11) is 0. The van der Waals surface area contributed by atoms with E-state index in [-0.39, 0.29) is 18.0 Å². The van der Waals surface area contributed by atoms with E-state index < -0.39 is 0 Å². The van der Waals surface area contributed by atoms with Gasteiger partial charge in [0.1, 0.15) is 17.3 Å². The summed E-state index contributed by atoms with van der Waals surface area (Å²) >= 11 is 0. The molecule has 0 fully saturated rings. The van der Waals surface area contributed by atoms with Crippen LogP contribution >= 0.6 is 0 Å². The lowest BCUT2D eigenvalue weighted by molar-refractivity contribution is 0.0934. The molecule has 0 saturated heterocycles. The van der Waals surface area contributed by atoms with Crippen LogP contribution in [0.4, 0.5) is 11.5 Å². The van der Waals surface area contributed by atoms with Gasteiger partial charge in [-0.1, -0.05) is 48.5 Å². The van der Waals surface area contributed by atoms with Crippen LogP contribution in [0.5, 0.6) is 0 Å². The predicted molar refractivity (Wildman–Crippen MR) is 111 cm³/mol. The molecule has 0 radical (unpaired) electrons. The van der Waals surface area contributed by atoms with Crippen LogP contribution in [-0.4, -0.2) is 21.9 Å². The first-order valence-electron chi connectivity index (χ1n) is 9.61. The van der Waals surface area contributed by atoms with E-state index in [1.54, 1.807) is 6.07 Å². The third-order valence-corrected chi connectivity index (χ3v) is 5.16. The molecule has 3 aromatic rings. The Bertz CT molecular complexity index is 1000. The minimum absolute atomic E-state index is 0.0983. The second-order valence-corrected chi connectivity index (χ2v) is 7.32. The smallest absolute Gasteiger partial charge is 0.270 e. The van der Waals surface area contributed by atoms with Crippen molar-refractivity contribution in [1.29, 1.82) is 0 Å². The SMILES string of the molecule is Cc1nc(C(=O)NC(C)c2ccccc2)cc(N2c3ccccc3CC2C)n1. The van der Waals surface area contributed by atoms with Gasteiger partial charge in [0.15, 0.2) is 0 Å². The molecule has 142 valence electrons. The first-order chi connectivity index (χ1) is 13.5. The first-order valence-corrected chi connectivity index (χ1v) is 9.61. The highest BCUT2D eigenvalue weighted by Gasteiger charge is 2.28. The van der Waals surface area contributed by atoms with Gasteiger partial charge < -0.3 is 10.2 Å². The van der Waals surface area contributed by atoms with Crippen molar-refractivity contribution in [2.24, 2.45) is 0 Å². The number of para-hydroxylation sites is 1. The molecule has 0 aliphatic carbocycles. The summed E-state index contributed by atoms with van der Waals surface area (Å²) in [6.45, 7) is 5.98. The van der Waals surface area contributed by atoms with E-state index in [9.17, 15) is 4.79 Å². The average Bonchev–Trinajstić information content (AvgIpc) is 3.03. The molecule has 1 amide bonds. The summed E-state index contributed by atoms with van der Waals surface area (Å²) in [6.07, 6.45) is 0.964. The number of hydrogen-bond donors (Lipinski definition) is 1. The van der Waals surface area contributed by atoms with E-state index in [2.05, 4.69) is 45.3 Å². The van der Waals surface area contributed by atoms with Crippen LogP contribution in [0.2, 0.25) is 0 Å². The number of amides is 1. The lowest BCUT2D eigenvalue weighted by atomic mass is 10.1. The van der Waals surface area contributed by atoms with Gasteiger partial charge in [-0.15, -0.1) is 0 Å². The molecule has 0 saturated carbocycles. The van der Waals surface area contributed by atoms with Crippen molar-refractivity contribution in [3.8, 4) is 0 Å². The molecule has 2 heterocycles. The minimum atomic E-state index is -0.191. The Hall–Kier alpha value is -3.21. The maximum absolute atomic E-state index is 12.9. The van der Waals surface area contributed by atoms with Crippen molar-refractivity contribution >= 4 is 17.4 Å². The fraction of sp³-hybridized carbons (Fsp3) is 0.261. The summed E-state index contributed by atoms with van der Waals surface area (Å²) in [5.74, 6) is 1.16. The Morgan fingerprint density at radius 2 is 1.82 bits per heavy atom. The molecule has 1 aliphatic rings. The van der Waals surface area contributed by atoms with Gasteiger partial charge in [-0.3, -0.25) is 4.79 Å². The number of aryl methyl sites for hydroxylation is 1. The third kappa shape index (κ3) is 3.48. The maximum Gasteiger partial charge on any atom is 0.270 e. The number of aromatic nitrogens is 2. The quantitative estimate of drug-likeness (QED) is 0.739. The zero-order valence-corrected chi connectivity index (χ0v) is 16.4. The summed E-state index contributed by atoms with van der Waals surface area (Å²) in [5.41, 5.74) is 3.90. The lowest BCUT2D eigenvalue weighted by Crippen LogP contribution is -2.29. The van der Waals surface area contributed by atoms with E-state index in [0.29, 0.717) is 11.5 Å². The molecule has 2 atom stereocenters. The number of nitrogens with zero attached hydrogens (tertiary/aromatic N) is 3. The topological polar surface area (TPSA) is 58.1 Å². The van der Waals surface area contributed by atoms with Crippen molar-refractivity contribution in [3.05, 3.63) is 83.3 Å². The molecule has 2 unspecified atom stereocenters. The molecule has 1 aromatic heterocycles. The Morgan fingerprint density at radius 1 is 1.11 bits per heavy atom. The average molecular weight is 372 g/mol. The molecule has 0 spiro atoms. The highest BCUT2D eigenvalue weighted by Crippen LogP contribution is 2.37. The normalized spacial score (nSPS) is 16.5. The number of carbonyl (C=O) groups is 1. The van der Waals surface area contributed by atoms with Crippen molar-refractivity contribution in [1.82, 2.24) is 15.3 Å². The zero-order valence-electron chi connectivity index (χ0n) is 16.4. The molecule has 4 rings (SSSR count). The third-order valence-electron chi connectivity index (χ3n) is 5.16. The molecule has 1 N–H and O–H groups in total. The number of fused-ring (bicyclic) bond motifs is 1. The molecular weight excluding hydrogens is 348 g/mol. The van der Waals surface area contributed by atoms with Crippen LogP contribution < -0.4 is 10.2 Å². The standard InChI is InChI=1S/C23H24N4O/c1-15-13-19-11-7-8-12-21(19)27(15)22-14-20(25-17(3)26-22)23(28)24-16(2)18-9-5-4-6-10-18/h4-12,14-16H,13H2,1-3H3,(H,24,28). The van der Waals surface area contributed by atoms with Crippen molar-refractivity contribution < 1.29 is 4.79 Å². The second kappa shape index (κ2) is 7.43. The van der Waals surface area contributed by atoms with Gasteiger partial charge in [0.05, 0.1) is 6.04 Å². The summed E-state index contributed by atoms with van der Waals surface area (Å²) in [4.78, 5) is 24.1. The second-order valence-electron chi connectivity index (χ2n) is 7.32. The minimum Gasteiger partial charge on any atom is -0.344 e. The largest absolute Gasteiger partial charge is 0.344 e. The van der Waals surface area contributed by atoms with Gasteiger partial charge in [0, 0.05) is 17.8 Å². The van der Waals surface area contributed by atoms with E-state index in [0.717, 1.165) is 23.5 Å². The fourth-order valence-electron chi connectivity index (χ4n) is 3.80. The van der Waals surface area contributed by atoms with Crippen LogP contribution in [0.3, 0.4) is 0 Å². The van der Waals surface area contributed by atoms with Gasteiger partial charge in [-0.2, -0.15) is 0 Å². The first kappa shape index (κ1) is 18.2. The summed E-state index contributed by atoms with van der Waals surface area (Å²) in [6, 6.07) is 20.2. The number of benzene rings is 2. The molecule has 5 nitrogen and oxygen atoms in total. The van der Waals surface area contributed by atoms with Crippen molar-refractivity contribution in [3.63, 3.8) is 0 Å². The van der Waals surface area contributed by atoms with Crippen LogP contribution in [-0.2, 0) is 6.42 Å². The fourth-order valence-corrected chi connectivity index (χ4v) is 3.80. The number of nitrogens with one attached hydrogen (secondary N) is 1. The summed E-state index contributed by atoms with van der Waals surface area (Å²) < 4.78 is 0. The zero-order chi connectivity index (χ0) is 19.7. The van der Waals surface area contributed by atoms with Crippen LogP contribution in [0.25, 0.3) is 0 Å². The number of rotatable bonds is 4. The van der Waals surface area contributed by atoms with Crippen molar-refractivity contribution in [2.45, 2.75) is 39.3 Å². The molecule has 28 heavy (non-hydrogen) atoms. The highest BCUT2D eigenvalue weighted by molar-refractivity contribution is 5.93.